The van der Waals surface area contributed by atoms with Crippen LogP contribution in [0, 0.1) is 5.92 Å². The summed E-state index contributed by atoms with van der Waals surface area (Å²) in [6.45, 7) is 3.86. The van der Waals surface area contributed by atoms with Crippen molar-refractivity contribution in [2.45, 2.75) is 89.0 Å². The molecule has 1 rings (SSSR count). The Balaban J connectivity index is 3.07. The highest BCUT2D eigenvalue weighted by molar-refractivity contribution is 5.97. The lowest BCUT2D eigenvalue weighted by molar-refractivity contribution is -0.136. The van der Waals surface area contributed by atoms with E-state index in [0.717, 1.165) is 0 Å². The summed E-state index contributed by atoms with van der Waals surface area (Å²) in [6, 6.07) is -0.0711. The van der Waals surface area contributed by atoms with Crippen LogP contribution in [0.5, 0.6) is 5.75 Å². The largest absolute Gasteiger partial charge is 0.508 e. The molecule has 0 radical (unpaired) electrons. The maximum Gasteiger partial charge on any atom is 0.243 e. The normalized spacial score (nSPS) is 14.0. The van der Waals surface area contributed by atoms with Crippen LogP contribution in [0.15, 0.2) is 29.3 Å². The average Bonchev–Trinajstić information content (AvgIpc) is 3.00. The Hall–Kier alpha value is -4.97. The number of aromatic hydroxyl groups is 1. The van der Waals surface area contributed by atoms with Crippen molar-refractivity contribution < 1.29 is 33.9 Å². The highest BCUT2D eigenvalue weighted by Gasteiger charge is 2.33. The number of carbonyl (C=O) groups excluding carboxylic acids is 6. The Morgan fingerprint density at radius 1 is 0.750 bits per heavy atom. The molecule has 0 unspecified atom stereocenters. The summed E-state index contributed by atoms with van der Waals surface area (Å²) >= 11 is 0. The van der Waals surface area contributed by atoms with Crippen LogP contribution < -0.4 is 55.7 Å². The molecule has 0 aliphatic carbocycles. The molecular formula is C30H51N11O7. The van der Waals surface area contributed by atoms with E-state index in [-0.39, 0.29) is 37.5 Å². The first kappa shape index (κ1) is 41.1. The molecule has 48 heavy (non-hydrogen) atoms. The number of nitrogens with one attached hydrogen (secondary N) is 4. The number of amides is 6. The Labute approximate surface area is 279 Å². The predicted octanol–water partition coefficient (Wildman–Crippen LogP) is -3.60. The van der Waals surface area contributed by atoms with E-state index in [9.17, 15) is 33.9 Å². The third-order valence-corrected chi connectivity index (χ3v) is 7.21. The molecule has 0 aliphatic rings. The van der Waals surface area contributed by atoms with E-state index in [1.54, 1.807) is 26.0 Å². The van der Waals surface area contributed by atoms with Crippen molar-refractivity contribution in [3.63, 3.8) is 0 Å². The van der Waals surface area contributed by atoms with Gasteiger partial charge in [-0.05, 0) is 62.3 Å². The number of aliphatic imine (C=N–C) groups is 1. The van der Waals surface area contributed by atoms with E-state index < -0.39 is 78.0 Å². The Kier molecular flexibility index (Phi) is 18.0. The van der Waals surface area contributed by atoms with Crippen molar-refractivity contribution in [2.75, 3.05) is 13.1 Å². The maximum atomic E-state index is 13.4. The standard InChI is InChI=1S/C30H51N11O7/c1-16(2)24(29(48)39-21(25(34)44)14-17-8-10-18(42)11-9-17)41-28(47)22(15-23(33)43)40-27(46)20(7-3-4-12-31)38-26(45)19(32)6-5-13-37-30(35)36/h8-11,16,19-22,24,42H,3-7,12-15,31-32H2,1-2H3,(H2,33,43)(H2,34,44)(H,38,45)(H,39,48)(H,40,46)(H,41,47)(H4,35,36,37)/t19-,20-,21-,22-,24-/m0/s1. The van der Waals surface area contributed by atoms with Gasteiger partial charge in [0.25, 0.3) is 0 Å². The van der Waals surface area contributed by atoms with Crippen LogP contribution in [0.4, 0.5) is 0 Å². The first-order valence-electron chi connectivity index (χ1n) is 15.6. The van der Waals surface area contributed by atoms with Crippen LogP contribution >= 0.6 is 0 Å². The zero-order chi connectivity index (χ0) is 36.4. The number of carbonyl (C=O) groups is 6. The molecule has 5 atom stereocenters. The minimum atomic E-state index is -1.52. The van der Waals surface area contributed by atoms with Crippen molar-refractivity contribution >= 4 is 41.4 Å². The number of nitrogens with two attached hydrogens (primary N) is 6. The lowest BCUT2D eigenvalue weighted by Gasteiger charge is -2.27. The Morgan fingerprint density at radius 2 is 1.33 bits per heavy atom. The van der Waals surface area contributed by atoms with Crippen molar-refractivity contribution in [3.8, 4) is 5.75 Å². The molecule has 0 saturated heterocycles. The number of phenolic OH excluding ortho intramolecular Hbond substituents is 1. The zero-order valence-corrected chi connectivity index (χ0v) is 27.4. The summed E-state index contributed by atoms with van der Waals surface area (Å²) in [5.74, 6) is -5.42. The van der Waals surface area contributed by atoms with Crippen molar-refractivity contribution in [2.24, 2.45) is 45.3 Å². The van der Waals surface area contributed by atoms with Gasteiger partial charge in [0.15, 0.2) is 5.96 Å². The number of hydrogen-bond acceptors (Lipinski definition) is 10. The molecule has 0 spiro atoms. The van der Waals surface area contributed by atoms with Gasteiger partial charge in [0.05, 0.1) is 12.5 Å². The second kappa shape index (κ2) is 21.0. The third-order valence-electron chi connectivity index (χ3n) is 7.21. The van der Waals surface area contributed by atoms with Gasteiger partial charge in [-0.1, -0.05) is 26.0 Å². The van der Waals surface area contributed by atoms with E-state index in [4.69, 9.17) is 34.4 Å². The van der Waals surface area contributed by atoms with Crippen LogP contribution in [0.2, 0.25) is 0 Å². The summed E-state index contributed by atoms with van der Waals surface area (Å²) in [6.07, 6.45) is 1.14. The van der Waals surface area contributed by atoms with Gasteiger partial charge < -0.3 is 60.8 Å². The summed E-state index contributed by atoms with van der Waals surface area (Å²) < 4.78 is 0. The predicted molar refractivity (Wildman–Crippen MR) is 178 cm³/mol. The fraction of sp³-hybridized carbons (Fsp3) is 0.567. The van der Waals surface area contributed by atoms with Gasteiger partial charge in [0.1, 0.15) is 29.9 Å². The SMILES string of the molecule is CC(C)[C@H](NC(=O)[C@H](CC(N)=O)NC(=O)[C@H](CCCCN)NC(=O)[C@@H](N)CCCN=C(N)N)C(=O)N[C@@H](Cc1ccc(O)cc1)C(N)=O. The van der Waals surface area contributed by atoms with E-state index in [0.29, 0.717) is 31.4 Å². The molecular weight excluding hydrogens is 626 g/mol. The van der Waals surface area contributed by atoms with Gasteiger partial charge in [0, 0.05) is 13.0 Å². The molecule has 0 bridgehead atoms. The van der Waals surface area contributed by atoms with Crippen LogP contribution in [0.25, 0.3) is 0 Å². The molecule has 268 valence electrons. The molecule has 6 amide bonds. The highest BCUT2D eigenvalue weighted by atomic mass is 16.3. The Morgan fingerprint density at radius 3 is 1.88 bits per heavy atom. The fourth-order valence-corrected chi connectivity index (χ4v) is 4.51. The van der Waals surface area contributed by atoms with Crippen LogP contribution in [-0.4, -0.2) is 89.8 Å². The number of guanidine groups is 1. The van der Waals surface area contributed by atoms with Crippen LogP contribution in [0.1, 0.15) is 57.9 Å². The van der Waals surface area contributed by atoms with E-state index in [2.05, 4.69) is 26.3 Å². The van der Waals surface area contributed by atoms with Crippen LogP contribution in [-0.2, 0) is 35.2 Å². The summed E-state index contributed by atoms with van der Waals surface area (Å²) in [7, 11) is 0. The number of benzene rings is 1. The number of unbranched alkanes of at least 4 members (excludes halogenated alkanes) is 1. The van der Waals surface area contributed by atoms with E-state index >= 15 is 0 Å². The van der Waals surface area contributed by atoms with Gasteiger partial charge in [-0.15, -0.1) is 0 Å². The van der Waals surface area contributed by atoms with Gasteiger partial charge in [-0.3, -0.25) is 33.8 Å². The average molecular weight is 678 g/mol. The van der Waals surface area contributed by atoms with Crippen molar-refractivity contribution in [3.05, 3.63) is 29.8 Å². The number of nitrogens with zero attached hydrogens (tertiary/aromatic N) is 1. The lowest BCUT2D eigenvalue weighted by atomic mass is 10.00. The Bertz CT molecular complexity index is 1270. The molecule has 0 aliphatic heterocycles. The second-order valence-corrected chi connectivity index (χ2v) is 11.7. The molecule has 0 fully saturated rings. The van der Waals surface area contributed by atoms with Gasteiger partial charge in [-0.25, -0.2) is 0 Å². The summed E-state index contributed by atoms with van der Waals surface area (Å²) in [4.78, 5) is 80.7. The smallest absolute Gasteiger partial charge is 0.243 e. The van der Waals surface area contributed by atoms with E-state index in [1.165, 1.54) is 12.1 Å². The monoisotopic (exact) mass is 677 g/mol. The first-order valence-corrected chi connectivity index (χ1v) is 15.6. The molecule has 18 heteroatoms. The highest BCUT2D eigenvalue weighted by Crippen LogP contribution is 2.12. The zero-order valence-electron chi connectivity index (χ0n) is 27.4. The van der Waals surface area contributed by atoms with Crippen molar-refractivity contribution in [1.29, 1.82) is 0 Å². The number of phenols is 1. The molecule has 1 aromatic rings. The lowest BCUT2D eigenvalue weighted by Crippen LogP contribution is -2.60. The third kappa shape index (κ3) is 15.5. The summed E-state index contributed by atoms with van der Waals surface area (Å²) in [5.41, 5.74) is 33.7. The van der Waals surface area contributed by atoms with E-state index in [1.807, 2.05) is 0 Å². The first-order chi connectivity index (χ1) is 22.5. The molecule has 0 aromatic heterocycles. The number of rotatable bonds is 22. The fourth-order valence-electron chi connectivity index (χ4n) is 4.51. The summed E-state index contributed by atoms with van der Waals surface area (Å²) in [5, 5.41) is 19.6. The maximum absolute atomic E-state index is 13.4. The molecule has 0 heterocycles. The number of hydrogen-bond donors (Lipinski definition) is 11. The van der Waals surface area contributed by atoms with Gasteiger partial charge >= 0.3 is 0 Å². The second-order valence-electron chi connectivity index (χ2n) is 11.7. The minimum absolute atomic E-state index is 0.0116. The number of primary amides is 2. The van der Waals surface area contributed by atoms with Gasteiger partial charge in [-0.2, -0.15) is 0 Å². The topological polar surface area (TPSA) is 339 Å². The van der Waals surface area contributed by atoms with Crippen molar-refractivity contribution in [1.82, 2.24) is 21.3 Å². The molecule has 0 saturated carbocycles. The minimum Gasteiger partial charge on any atom is -0.508 e. The quantitative estimate of drug-likeness (QED) is 0.0323. The molecule has 17 N–H and O–H groups in total. The van der Waals surface area contributed by atoms with Crippen LogP contribution in [0.3, 0.4) is 0 Å². The molecule has 1 aromatic carbocycles. The molecule has 18 nitrogen and oxygen atoms in total. The van der Waals surface area contributed by atoms with Gasteiger partial charge in [0.2, 0.25) is 35.4 Å².